The molecule has 1 aromatic rings. The summed E-state index contributed by atoms with van der Waals surface area (Å²) in [6.07, 6.45) is 10.3. The predicted octanol–water partition coefficient (Wildman–Crippen LogP) is 6.26. The number of aromatic nitrogens is 1. The van der Waals surface area contributed by atoms with Crippen molar-refractivity contribution in [1.82, 2.24) is 4.98 Å². The van der Waals surface area contributed by atoms with Crippen molar-refractivity contribution in [1.29, 1.82) is 0 Å². The third kappa shape index (κ3) is 5.86. The van der Waals surface area contributed by atoms with E-state index in [4.69, 9.17) is 4.98 Å². The van der Waals surface area contributed by atoms with Crippen molar-refractivity contribution in [3.05, 3.63) is 23.9 Å². The Hall–Kier alpha value is -0.0513. The molecule has 0 saturated carbocycles. The van der Waals surface area contributed by atoms with Crippen LogP contribution in [-0.2, 0) is 0 Å². The molecule has 1 heterocycles. The summed E-state index contributed by atoms with van der Waals surface area (Å²) >= 11 is -2.31. The first-order valence-electron chi connectivity index (χ1n) is 9.56. The topological polar surface area (TPSA) is 12.9 Å². The molecule has 126 valence electrons. The van der Waals surface area contributed by atoms with Crippen molar-refractivity contribution in [2.45, 2.75) is 92.4 Å². The molecule has 0 aliphatic heterocycles. The Labute approximate surface area is 143 Å². The second-order valence-corrected chi connectivity index (χ2v) is 20.3. The van der Waals surface area contributed by atoms with Crippen molar-refractivity contribution in [2.24, 2.45) is 0 Å². The van der Waals surface area contributed by atoms with Gasteiger partial charge in [-0.3, -0.25) is 0 Å². The van der Waals surface area contributed by atoms with Gasteiger partial charge >= 0.3 is 143 Å². The van der Waals surface area contributed by atoms with Crippen LogP contribution in [0.4, 0.5) is 0 Å². The average molecular weight is 410 g/mol. The molecule has 22 heavy (non-hydrogen) atoms. The van der Waals surface area contributed by atoms with E-state index in [2.05, 4.69) is 52.9 Å². The number of nitrogens with zero attached hydrogens (tertiary/aromatic N) is 1. The van der Waals surface area contributed by atoms with E-state index in [-0.39, 0.29) is 0 Å². The molecule has 0 N–H and O–H groups in total. The van der Waals surface area contributed by atoms with E-state index in [0.29, 0.717) is 5.92 Å². The van der Waals surface area contributed by atoms with E-state index >= 15 is 0 Å². The van der Waals surface area contributed by atoms with Crippen LogP contribution in [0.25, 0.3) is 0 Å². The molecule has 1 aromatic heterocycles. The van der Waals surface area contributed by atoms with Gasteiger partial charge in [0.1, 0.15) is 0 Å². The van der Waals surface area contributed by atoms with Crippen LogP contribution in [0.2, 0.25) is 13.3 Å². The van der Waals surface area contributed by atoms with Crippen LogP contribution in [0, 0.1) is 0 Å². The van der Waals surface area contributed by atoms with Gasteiger partial charge in [-0.05, 0) is 0 Å². The van der Waals surface area contributed by atoms with Gasteiger partial charge in [0.25, 0.3) is 0 Å². The number of hydrogen-bond acceptors (Lipinski definition) is 1. The maximum atomic E-state index is 4.95. The number of pyridine rings is 1. The van der Waals surface area contributed by atoms with Crippen molar-refractivity contribution in [3.8, 4) is 0 Å². The molecule has 0 spiro atoms. The molecule has 2 heteroatoms. The van der Waals surface area contributed by atoms with Gasteiger partial charge in [0, 0.05) is 0 Å². The maximum absolute atomic E-state index is 4.95. The summed E-state index contributed by atoms with van der Waals surface area (Å²) in [6, 6.07) is 4.73. The summed E-state index contributed by atoms with van der Waals surface area (Å²) < 4.78 is 6.12. The minimum absolute atomic E-state index is 0.620. The van der Waals surface area contributed by atoms with Gasteiger partial charge in [0.2, 0.25) is 0 Å². The molecule has 0 atom stereocenters. The molecule has 0 aliphatic carbocycles. The first-order chi connectivity index (χ1) is 10.6. The van der Waals surface area contributed by atoms with Crippen LogP contribution in [-0.4, -0.2) is 23.4 Å². The molecule has 0 fully saturated rings. The summed E-state index contributed by atoms with van der Waals surface area (Å²) in [5, 5.41) is 0. The summed E-state index contributed by atoms with van der Waals surface area (Å²) in [5.74, 6) is 0.620. The molecule has 1 nitrogen and oxygen atoms in total. The predicted molar refractivity (Wildman–Crippen MR) is 103 cm³/mol. The van der Waals surface area contributed by atoms with E-state index in [0.717, 1.165) is 0 Å². The van der Waals surface area contributed by atoms with Crippen LogP contribution < -0.4 is 3.71 Å². The SMILES string of the molecule is CCC[CH2][Sn]([CH2]CCC)([CH2]CCC)[c]1cc(C(C)C)ccn1. The van der Waals surface area contributed by atoms with Crippen LogP contribution in [0.1, 0.15) is 84.6 Å². The van der Waals surface area contributed by atoms with Gasteiger partial charge in [-0.15, -0.1) is 0 Å². The zero-order valence-corrected chi connectivity index (χ0v) is 18.5. The van der Waals surface area contributed by atoms with Gasteiger partial charge in [0.05, 0.1) is 0 Å². The Balaban J connectivity index is 3.15. The fraction of sp³-hybridized carbons (Fsp3) is 0.750. The second-order valence-electron chi connectivity index (χ2n) is 7.22. The third-order valence-electron chi connectivity index (χ3n) is 5.02. The normalized spacial score (nSPS) is 12.1. The van der Waals surface area contributed by atoms with Gasteiger partial charge in [-0.2, -0.15) is 0 Å². The molecule has 0 unspecified atom stereocenters. The molecule has 0 amide bonds. The summed E-state index contributed by atoms with van der Waals surface area (Å²) in [6.45, 7) is 11.6. The summed E-state index contributed by atoms with van der Waals surface area (Å²) in [4.78, 5) is 4.95. The van der Waals surface area contributed by atoms with E-state index in [9.17, 15) is 0 Å². The Morgan fingerprint density at radius 2 is 1.41 bits per heavy atom. The molecule has 0 aromatic carbocycles. The van der Waals surface area contributed by atoms with Gasteiger partial charge in [-0.25, -0.2) is 0 Å². The number of rotatable bonds is 11. The van der Waals surface area contributed by atoms with Gasteiger partial charge < -0.3 is 0 Å². The van der Waals surface area contributed by atoms with Crippen LogP contribution in [0.3, 0.4) is 0 Å². The Kier molecular flexibility index (Phi) is 9.70. The van der Waals surface area contributed by atoms with Crippen molar-refractivity contribution in [3.63, 3.8) is 0 Å². The molecule has 0 bridgehead atoms. The monoisotopic (exact) mass is 411 g/mol. The van der Waals surface area contributed by atoms with Crippen molar-refractivity contribution >= 4 is 22.1 Å². The molecule has 0 radical (unpaired) electrons. The van der Waals surface area contributed by atoms with Crippen LogP contribution in [0.5, 0.6) is 0 Å². The Bertz CT molecular complexity index is 392. The molecular weight excluding hydrogens is 373 g/mol. The fourth-order valence-electron chi connectivity index (χ4n) is 3.40. The van der Waals surface area contributed by atoms with Gasteiger partial charge in [-0.1, -0.05) is 0 Å². The Morgan fingerprint density at radius 1 is 0.909 bits per heavy atom. The Morgan fingerprint density at radius 3 is 1.82 bits per heavy atom. The minimum atomic E-state index is -2.31. The molecule has 1 rings (SSSR count). The quantitative estimate of drug-likeness (QED) is 0.393. The molecule has 0 saturated heterocycles. The zero-order chi connectivity index (χ0) is 16.4. The zero-order valence-electron chi connectivity index (χ0n) is 15.6. The van der Waals surface area contributed by atoms with E-state index < -0.39 is 18.4 Å². The van der Waals surface area contributed by atoms with Crippen molar-refractivity contribution < 1.29 is 0 Å². The average Bonchev–Trinajstić information content (AvgIpc) is 2.54. The first kappa shape index (κ1) is 20.0. The number of hydrogen-bond donors (Lipinski definition) is 0. The standard InChI is InChI=1S/C8H10N.3C4H9.Sn/c1-7(2)8-3-5-9-6-4-8;3*1-3-4-2;/h3-5,7H,1-2H3;3*1,3-4H2,2H3;. The second kappa shape index (κ2) is 10.7. The van der Waals surface area contributed by atoms with Crippen molar-refractivity contribution in [2.75, 3.05) is 0 Å². The fourth-order valence-corrected chi connectivity index (χ4v) is 18.9. The molecule has 0 aliphatic rings. The van der Waals surface area contributed by atoms with Crippen LogP contribution >= 0.6 is 0 Å². The summed E-state index contributed by atoms with van der Waals surface area (Å²) in [5.41, 5.74) is 1.50. The van der Waals surface area contributed by atoms with E-state index in [1.165, 1.54) is 57.4 Å². The number of unbranched alkanes of at least 4 members (excludes halogenated alkanes) is 3. The van der Waals surface area contributed by atoms with Crippen LogP contribution in [0.15, 0.2) is 18.3 Å². The summed E-state index contributed by atoms with van der Waals surface area (Å²) in [7, 11) is 0. The third-order valence-corrected chi connectivity index (χ3v) is 20.1. The van der Waals surface area contributed by atoms with E-state index in [1.54, 1.807) is 3.71 Å². The molecular formula is C20H37NSn. The van der Waals surface area contributed by atoms with E-state index in [1.807, 2.05) is 0 Å². The van der Waals surface area contributed by atoms with Gasteiger partial charge in [0.15, 0.2) is 0 Å². The first-order valence-corrected chi connectivity index (χ1v) is 17.0.